The van der Waals surface area contributed by atoms with Crippen LogP contribution in [-0.4, -0.2) is 46.3 Å². The number of aromatic amines is 1. The number of aromatic nitrogens is 2. The Morgan fingerprint density at radius 3 is 2.53 bits per heavy atom. The average Bonchev–Trinajstić information content (AvgIpc) is 3.25. The lowest BCUT2D eigenvalue weighted by molar-refractivity contribution is 0.0724. The molecule has 0 atom stereocenters. The molecule has 1 saturated heterocycles. The summed E-state index contributed by atoms with van der Waals surface area (Å²) < 4.78 is 0. The maximum absolute atomic E-state index is 12.7. The molecule has 0 saturated carbocycles. The van der Waals surface area contributed by atoms with Crippen LogP contribution in [0, 0.1) is 0 Å². The van der Waals surface area contributed by atoms with Gasteiger partial charge in [0.05, 0.1) is 11.3 Å². The molecule has 0 aliphatic carbocycles. The van der Waals surface area contributed by atoms with Gasteiger partial charge in [0.15, 0.2) is 0 Å². The first kappa shape index (κ1) is 18.6. The third kappa shape index (κ3) is 3.49. The van der Waals surface area contributed by atoms with Crippen LogP contribution >= 0.6 is 0 Å². The quantitative estimate of drug-likeness (QED) is 0.704. The predicted molar refractivity (Wildman–Crippen MR) is 115 cm³/mol. The SMILES string of the molecule is O=C1NCCc2[nH]c(-c3ccnc(-c4ccc(C(=O)N5CCCCC5)cc4)c3)cc21. The lowest BCUT2D eigenvalue weighted by Gasteiger charge is -2.26. The Bertz CT molecular complexity index is 1090. The molecule has 0 bridgehead atoms. The molecule has 2 N–H and O–H groups in total. The number of piperidine rings is 1. The first-order valence-corrected chi connectivity index (χ1v) is 10.6. The number of nitrogens with one attached hydrogen (secondary N) is 2. The monoisotopic (exact) mass is 400 g/mol. The fourth-order valence-electron chi connectivity index (χ4n) is 4.27. The van der Waals surface area contributed by atoms with Gasteiger partial charge in [0, 0.05) is 60.3 Å². The minimum absolute atomic E-state index is 0.0259. The van der Waals surface area contributed by atoms with Crippen molar-refractivity contribution in [3.8, 4) is 22.5 Å². The summed E-state index contributed by atoms with van der Waals surface area (Å²) in [5.74, 6) is 0.0835. The number of hydrogen-bond acceptors (Lipinski definition) is 3. The van der Waals surface area contributed by atoms with E-state index in [1.807, 2.05) is 47.4 Å². The Kier molecular flexibility index (Phi) is 4.83. The molecule has 2 aromatic heterocycles. The summed E-state index contributed by atoms with van der Waals surface area (Å²) in [5, 5.41) is 2.88. The highest BCUT2D eigenvalue weighted by atomic mass is 16.2. The van der Waals surface area contributed by atoms with Gasteiger partial charge in [-0.2, -0.15) is 0 Å². The summed E-state index contributed by atoms with van der Waals surface area (Å²) in [7, 11) is 0. The maximum Gasteiger partial charge on any atom is 0.253 e. The number of likely N-dealkylation sites (tertiary alicyclic amines) is 1. The van der Waals surface area contributed by atoms with Gasteiger partial charge >= 0.3 is 0 Å². The van der Waals surface area contributed by atoms with Crippen molar-refractivity contribution in [2.45, 2.75) is 25.7 Å². The fourth-order valence-corrected chi connectivity index (χ4v) is 4.27. The number of H-pyrrole nitrogens is 1. The topological polar surface area (TPSA) is 78.1 Å². The Morgan fingerprint density at radius 2 is 1.77 bits per heavy atom. The summed E-state index contributed by atoms with van der Waals surface area (Å²) in [6, 6.07) is 13.5. The van der Waals surface area contributed by atoms with Crippen molar-refractivity contribution in [3.63, 3.8) is 0 Å². The molecule has 6 nitrogen and oxygen atoms in total. The Balaban J connectivity index is 1.39. The van der Waals surface area contributed by atoms with Crippen LogP contribution in [0.4, 0.5) is 0 Å². The van der Waals surface area contributed by atoms with E-state index in [1.165, 1.54) is 6.42 Å². The van der Waals surface area contributed by atoms with Crippen molar-refractivity contribution >= 4 is 11.8 Å². The molecule has 2 amide bonds. The average molecular weight is 400 g/mol. The zero-order chi connectivity index (χ0) is 20.5. The van der Waals surface area contributed by atoms with Gasteiger partial charge in [0.25, 0.3) is 11.8 Å². The number of benzene rings is 1. The first-order valence-electron chi connectivity index (χ1n) is 10.6. The molecule has 2 aliphatic heterocycles. The predicted octanol–water partition coefficient (Wildman–Crippen LogP) is 3.66. The molecule has 0 unspecified atom stereocenters. The van der Waals surface area contributed by atoms with Gasteiger partial charge in [-0.15, -0.1) is 0 Å². The number of carbonyl (C=O) groups is 2. The molecule has 1 aromatic carbocycles. The number of amides is 2. The number of fused-ring (bicyclic) bond motifs is 1. The second-order valence-corrected chi connectivity index (χ2v) is 7.94. The van der Waals surface area contributed by atoms with E-state index >= 15 is 0 Å². The van der Waals surface area contributed by atoms with Gasteiger partial charge in [0.1, 0.15) is 0 Å². The molecule has 2 aliphatic rings. The third-order valence-electron chi connectivity index (χ3n) is 5.95. The van der Waals surface area contributed by atoms with Crippen LogP contribution in [0.25, 0.3) is 22.5 Å². The molecular weight excluding hydrogens is 376 g/mol. The number of carbonyl (C=O) groups excluding carboxylic acids is 2. The molecule has 152 valence electrons. The van der Waals surface area contributed by atoms with Crippen molar-refractivity contribution in [3.05, 3.63) is 65.5 Å². The van der Waals surface area contributed by atoms with Crippen LogP contribution < -0.4 is 5.32 Å². The maximum atomic E-state index is 12.7. The molecule has 0 radical (unpaired) electrons. The van der Waals surface area contributed by atoms with Gasteiger partial charge in [0.2, 0.25) is 0 Å². The summed E-state index contributed by atoms with van der Waals surface area (Å²) >= 11 is 0. The van der Waals surface area contributed by atoms with Crippen LogP contribution in [0.1, 0.15) is 45.7 Å². The molecule has 3 aromatic rings. The Labute approximate surface area is 175 Å². The number of hydrogen-bond donors (Lipinski definition) is 2. The standard InChI is InChI=1S/C24H24N4O2/c29-23-19-15-22(27-20(19)9-11-26-23)18-8-10-25-21(14-18)16-4-6-17(7-5-16)24(30)28-12-2-1-3-13-28/h4-8,10,14-15,27H,1-3,9,11-13H2,(H,26,29). The second-order valence-electron chi connectivity index (χ2n) is 7.94. The van der Waals surface area contributed by atoms with Gasteiger partial charge in [-0.3, -0.25) is 14.6 Å². The van der Waals surface area contributed by atoms with Crippen molar-refractivity contribution < 1.29 is 9.59 Å². The molecule has 4 heterocycles. The molecule has 1 fully saturated rings. The zero-order valence-corrected chi connectivity index (χ0v) is 16.8. The fraction of sp³-hybridized carbons (Fsp3) is 0.292. The molecule has 5 rings (SSSR count). The summed E-state index contributed by atoms with van der Waals surface area (Å²) in [6.07, 6.45) is 5.97. The highest BCUT2D eigenvalue weighted by Gasteiger charge is 2.20. The van der Waals surface area contributed by atoms with Gasteiger partial charge in [-0.05, 0) is 49.6 Å². The van der Waals surface area contributed by atoms with Crippen LogP contribution in [-0.2, 0) is 6.42 Å². The highest BCUT2D eigenvalue weighted by molar-refractivity contribution is 5.98. The minimum atomic E-state index is -0.0259. The van der Waals surface area contributed by atoms with Crippen LogP contribution in [0.2, 0.25) is 0 Å². The molecule has 0 spiro atoms. The van der Waals surface area contributed by atoms with E-state index in [-0.39, 0.29) is 11.8 Å². The van der Waals surface area contributed by atoms with E-state index in [4.69, 9.17) is 0 Å². The second kappa shape index (κ2) is 7.78. The summed E-state index contributed by atoms with van der Waals surface area (Å²) in [4.78, 5) is 34.6. The minimum Gasteiger partial charge on any atom is -0.358 e. The van der Waals surface area contributed by atoms with E-state index in [9.17, 15) is 9.59 Å². The van der Waals surface area contributed by atoms with Crippen molar-refractivity contribution in [2.24, 2.45) is 0 Å². The zero-order valence-electron chi connectivity index (χ0n) is 16.8. The smallest absolute Gasteiger partial charge is 0.253 e. The first-order chi connectivity index (χ1) is 14.7. The lowest BCUT2D eigenvalue weighted by atomic mass is 10.0. The summed E-state index contributed by atoms with van der Waals surface area (Å²) in [5.41, 5.74) is 6.11. The van der Waals surface area contributed by atoms with Crippen molar-refractivity contribution in [1.82, 2.24) is 20.2 Å². The lowest BCUT2D eigenvalue weighted by Crippen LogP contribution is -2.35. The van der Waals surface area contributed by atoms with E-state index in [1.54, 1.807) is 6.20 Å². The molecular formula is C24H24N4O2. The van der Waals surface area contributed by atoms with E-state index < -0.39 is 0 Å². The molecule has 6 heteroatoms. The van der Waals surface area contributed by atoms with Gasteiger partial charge < -0.3 is 15.2 Å². The van der Waals surface area contributed by atoms with E-state index in [0.29, 0.717) is 6.54 Å². The highest BCUT2D eigenvalue weighted by Crippen LogP contribution is 2.27. The van der Waals surface area contributed by atoms with Gasteiger partial charge in [-0.25, -0.2) is 0 Å². The van der Waals surface area contributed by atoms with E-state index in [0.717, 1.165) is 71.7 Å². The van der Waals surface area contributed by atoms with E-state index in [2.05, 4.69) is 15.3 Å². The summed E-state index contributed by atoms with van der Waals surface area (Å²) in [6.45, 7) is 2.36. The number of nitrogens with zero attached hydrogens (tertiary/aromatic N) is 2. The molecule has 30 heavy (non-hydrogen) atoms. The normalized spacial score (nSPS) is 16.1. The number of pyridine rings is 1. The van der Waals surface area contributed by atoms with Gasteiger partial charge in [-0.1, -0.05) is 12.1 Å². The van der Waals surface area contributed by atoms with Crippen molar-refractivity contribution in [2.75, 3.05) is 19.6 Å². The van der Waals surface area contributed by atoms with Crippen LogP contribution in [0.15, 0.2) is 48.7 Å². The largest absolute Gasteiger partial charge is 0.358 e. The Morgan fingerprint density at radius 1 is 0.967 bits per heavy atom. The van der Waals surface area contributed by atoms with Crippen molar-refractivity contribution in [1.29, 1.82) is 0 Å². The Hall–Kier alpha value is -3.41. The van der Waals surface area contributed by atoms with Crippen LogP contribution in [0.5, 0.6) is 0 Å². The van der Waals surface area contributed by atoms with Crippen LogP contribution in [0.3, 0.4) is 0 Å². The third-order valence-corrected chi connectivity index (χ3v) is 5.95. The number of rotatable bonds is 3.